The van der Waals surface area contributed by atoms with Gasteiger partial charge in [-0.15, -0.1) is 0 Å². The molecule has 0 spiro atoms. The van der Waals surface area contributed by atoms with Gasteiger partial charge >= 0.3 is 0 Å². The zero-order chi connectivity index (χ0) is 15.1. The van der Waals surface area contributed by atoms with Gasteiger partial charge < -0.3 is 10.6 Å². The molecule has 21 heavy (non-hydrogen) atoms. The molecule has 1 saturated carbocycles. The standard InChI is InChI=1S/C17H24N2O2/c1-13(20)18-16-11-7-8-14(12-16)17(21)19-15-9-5-3-2-4-6-10-15/h7-8,11-12,15H,2-6,9-10H2,1H3,(H,18,20)(H,19,21). The molecule has 0 saturated heterocycles. The van der Waals surface area contributed by atoms with E-state index in [0.717, 1.165) is 12.8 Å². The topological polar surface area (TPSA) is 58.2 Å². The van der Waals surface area contributed by atoms with E-state index in [0.29, 0.717) is 11.3 Å². The highest BCUT2D eigenvalue weighted by Gasteiger charge is 2.15. The van der Waals surface area contributed by atoms with Crippen LogP contribution in [0.4, 0.5) is 5.69 Å². The van der Waals surface area contributed by atoms with E-state index in [1.165, 1.54) is 39.0 Å². The van der Waals surface area contributed by atoms with Gasteiger partial charge in [-0.1, -0.05) is 38.2 Å². The van der Waals surface area contributed by atoms with Crippen LogP contribution in [0.15, 0.2) is 24.3 Å². The molecule has 1 fully saturated rings. The summed E-state index contributed by atoms with van der Waals surface area (Å²) < 4.78 is 0. The smallest absolute Gasteiger partial charge is 0.251 e. The van der Waals surface area contributed by atoms with Crippen molar-refractivity contribution in [2.75, 3.05) is 5.32 Å². The minimum Gasteiger partial charge on any atom is -0.349 e. The van der Waals surface area contributed by atoms with Crippen molar-refractivity contribution >= 4 is 17.5 Å². The molecule has 114 valence electrons. The number of hydrogen-bond acceptors (Lipinski definition) is 2. The Hall–Kier alpha value is -1.84. The summed E-state index contributed by atoms with van der Waals surface area (Å²) >= 11 is 0. The molecule has 0 aliphatic heterocycles. The molecule has 0 atom stereocenters. The summed E-state index contributed by atoms with van der Waals surface area (Å²) in [5.41, 5.74) is 1.26. The molecular formula is C17H24N2O2. The van der Waals surface area contributed by atoms with Gasteiger partial charge in [0, 0.05) is 24.2 Å². The fourth-order valence-corrected chi connectivity index (χ4v) is 2.81. The Morgan fingerprint density at radius 1 is 1.05 bits per heavy atom. The lowest BCUT2D eigenvalue weighted by atomic mass is 9.96. The van der Waals surface area contributed by atoms with E-state index >= 15 is 0 Å². The Morgan fingerprint density at radius 2 is 1.71 bits per heavy atom. The molecule has 2 rings (SSSR count). The average Bonchev–Trinajstić information content (AvgIpc) is 2.41. The van der Waals surface area contributed by atoms with E-state index in [4.69, 9.17) is 0 Å². The highest BCUT2D eigenvalue weighted by molar-refractivity contribution is 5.96. The summed E-state index contributed by atoms with van der Waals surface area (Å²) in [4.78, 5) is 23.4. The summed E-state index contributed by atoms with van der Waals surface area (Å²) in [6.07, 6.45) is 8.37. The van der Waals surface area contributed by atoms with Crippen molar-refractivity contribution in [1.82, 2.24) is 5.32 Å². The maximum atomic E-state index is 12.3. The van der Waals surface area contributed by atoms with E-state index in [2.05, 4.69) is 10.6 Å². The summed E-state index contributed by atoms with van der Waals surface area (Å²) in [7, 11) is 0. The number of carbonyl (C=O) groups is 2. The van der Waals surface area contributed by atoms with Crippen LogP contribution in [0.5, 0.6) is 0 Å². The minimum atomic E-state index is -0.132. The first kappa shape index (κ1) is 15.5. The van der Waals surface area contributed by atoms with Crippen LogP contribution in [-0.2, 0) is 4.79 Å². The largest absolute Gasteiger partial charge is 0.349 e. The minimum absolute atomic E-state index is 0.0484. The van der Waals surface area contributed by atoms with Crippen molar-refractivity contribution in [2.24, 2.45) is 0 Å². The highest BCUT2D eigenvalue weighted by atomic mass is 16.2. The van der Waals surface area contributed by atoms with E-state index in [9.17, 15) is 9.59 Å². The zero-order valence-corrected chi connectivity index (χ0v) is 12.7. The van der Waals surface area contributed by atoms with Crippen molar-refractivity contribution in [3.05, 3.63) is 29.8 Å². The van der Waals surface area contributed by atoms with Crippen LogP contribution in [-0.4, -0.2) is 17.9 Å². The highest BCUT2D eigenvalue weighted by Crippen LogP contribution is 2.18. The van der Waals surface area contributed by atoms with Crippen LogP contribution in [0.3, 0.4) is 0 Å². The molecular weight excluding hydrogens is 264 g/mol. The van der Waals surface area contributed by atoms with Gasteiger partial charge in [0.2, 0.25) is 5.91 Å². The van der Waals surface area contributed by atoms with Gasteiger partial charge in [-0.05, 0) is 31.0 Å². The molecule has 1 aromatic carbocycles. The normalized spacial score (nSPS) is 16.6. The Bertz CT molecular complexity index is 491. The Balaban J connectivity index is 1.96. The van der Waals surface area contributed by atoms with Gasteiger partial charge in [0.05, 0.1) is 0 Å². The van der Waals surface area contributed by atoms with Crippen LogP contribution >= 0.6 is 0 Å². The summed E-state index contributed by atoms with van der Waals surface area (Å²) in [6.45, 7) is 1.46. The first-order valence-corrected chi connectivity index (χ1v) is 7.83. The van der Waals surface area contributed by atoms with E-state index in [-0.39, 0.29) is 17.9 Å². The molecule has 4 nitrogen and oxygen atoms in total. The molecule has 0 radical (unpaired) electrons. The third kappa shape index (κ3) is 5.21. The Labute approximate surface area is 126 Å². The fourth-order valence-electron chi connectivity index (χ4n) is 2.81. The van der Waals surface area contributed by atoms with Crippen LogP contribution in [0.25, 0.3) is 0 Å². The van der Waals surface area contributed by atoms with Crippen LogP contribution in [0.1, 0.15) is 62.2 Å². The molecule has 0 unspecified atom stereocenters. The van der Waals surface area contributed by atoms with Gasteiger partial charge in [0.1, 0.15) is 0 Å². The second-order valence-electron chi connectivity index (χ2n) is 5.78. The second-order valence-corrected chi connectivity index (χ2v) is 5.78. The van der Waals surface area contributed by atoms with E-state index < -0.39 is 0 Å². The van der Waals surface area contributed by atoms with Crippen molar-refractivity contribution < 1.29 is 9.59 Å². The van der Waals surface area contributed by atoms with Crippen molar-refractivity contribution in [1.29, 1.82) is 0 Å². The van der Waals surface area contributed by atoms with Crippen LogP contribution in [0, 0.1) is 0 Å². The number of carbonyl (C=O) groups excluding carboxylic acids is 2. The van der Waals surface area contributed by atoms with Crippen molar-refractivity contribution in [3.63, 3.8) is 0 Å². The molecule has 1 aliphatic rings. The van der Waals surface area contributed by atoms with Crippen LogP contribution in [0.2, 0.25) is 0 Å². The number of hydrogen-bond donors (Lipinski definition) is 2. The van der Waals surface area contributed by atoms with E-state index in [1.807, 2.05) is 0 Å². The maximum Gasteiger partial charge on any atom is 0.251 e. The van der Waals surface area contributed by atoms with Gasteiger partial charge in [-0.3, -0.25) is 9.59 Å². The average molecular weight is 288 g/mol. The first-order chi connectivity index (χ1) is 10.1. The van der Waals surface area contributed by atoms with Gasteiger partial charge in [-0.25, -0.2) is 0 Å². The summed E-state index contributed by atoms with van der Waals surface area (Å²) in [5.74, 6) is -0.180. The number of nitrogens with one attached hydrogen (secondary N) is 2. The molecule has 1 aliphatic carbocycles. The molecule has 2 amide bonds. The molecule has 1 aromatic rings. The number of anilines is 1. The van der Waals surface area contributed by atoms with Crippen molar-refractivity contribution in [3.8, 4) is 0 Å². The van der Waals surface area contributed by atoms with Crippen molar-refractivity contribution in [2.45, 2.75) is 57.9 Å². The zero-order valence-electron chi connectivity index (χ0n) is 12.7. The SMILES string of the molecule is CC(=O)Nc1cccc(C(=O)NC2CCCCCCC2)c1. The molecule has 0 heterocycles. The molecule has 2 N–H and O–H groups in total. The summed E-state index contributed by atoms with van der Waals surface area (Å²) in [6, 6.07) is 7.36. The Kier molecular flexibility index (Phi) is 5.78. The lowest BCUT2D eigenvalue weighted by molar-refractivity contribution is -0.114. The first-order valence-electron chi connectivity index (χ1n) is 7.83. The lowest BCUT2D eigenvalue weighted by Gasteiger charge is -2.21. The third-order valence-corrected chi connectivity index (χ3v) is 3.89. The number of rotatable bonds is 3. The number of benzene rings is 1. The predicted octanol–water partition coefficient (Wildman–Crippen LogP) is 3.49. The van der Waals surface area contributed by atoms with Gasteiger partial charge in [-0.2, -0.15) is 0 Å². The third-order valence-electron chi connectivity index (χ3n) is 3.89. The monoisotopic (exact) mass is 288 g/mol. The summed E-state index contributed by atoms with van der Waals surface area (Å²) in [5, 5.41) is 5.83. The maximum absolute atomic E-state index is 12.3. The van der Waals surface area contributed by atoms with Gasteiger partial charge in [0.15, 0.2) is 0 Å². The Morgan fingerprint density at radius 3 is 2.38 bits per heavy atom. The number of amides is 2. The van der Waals surface area contributed by atoms with Gasteiger partial charge in [0.25, 0.3) is 5.91 Å². The van der Waals surface area contributed by atoms with Crippen LogP contribution < -0.4 is 10.6 Å². The molecule has 4 heteroatoms. The molecule has 0 bridgehead atoms. The fraction of sp³-hybridized carbons (Fsp3) is 0.529. The van der Waals surface area contributed by atoms with E-state index in [1.54, 1.807) is 24.3 Å². The molecule has 0 aromatic heterocycles. The quantitative estimate of drug-likeness (QED) is 0.894. The lowest BCUT2D eigenvalue weighted by Crippen LogP contribution is -2.35. The second kappa shape index (κ2) is 7.81. The predicted molar refractivity (Wildman–Crippen MR) is 84.3 cm³/mol.